The van der Waals surface area contributed by atoms with Crippen LogP contribution in [-0.4, -0.2) is 28.1 Å². The molecule has 0 saturated carbocycles. The second-order valence-electron chi connectivity index (χ2n) is 6.76. The number of ether oxygens (including phenoxy) is 2. The summed E-state index contributed by atoms with van der Waals surface area (Å²) in [5, 5.41) is 9.22. The zero-order valence-electron chi connectivity index (χ0n) is 16.0. The number of carboxylic acids is 1. The number of benzene rings is 2. The SMILES string of the molecule is O=C(O)c1ccc(-c2ccc(/C=C3\SC(=S)N(c4ccc5c(c4)OCO5)C3=O)o2)cc1Cl. The van der Waals surface area contributed by atoms with E-state index in [2.05, 4.69) is 0 Å². The molecule has 0 atom stereocenters. The molecule has 2 aliphatic heterocycles. The topological polar surface area (TPSA) is 89.2 Å². The van der Waals surface area contributed by atoms with E-state index in [9.17, 15) is 9.59 Å². The van der Waals surface area contributed by atoms with E-state index in [1.165, 1.54) is 28.8 Å². The summed E-state index contributed by atoms with van der Waals surface area (Å²) in [7, 11) is 0. The van der Waals surface area contributed by atoms with Crippen LogP contribution in [0.15, 0.2) is 57.9 Å². The number of furan rings is 1. The molecule has 7 nitrogen and oxygen atoms in total. The van der Waals surface area contributed by atoms with Crippen LogP contribution in [-0.2, 0) is 4.79 Å². The van der Waals surface area contributed by atoms with Gasteiger partial charge < -0.3 is 19.0 Å². The van der Waals surface area contributed by atoms with Crippen molar-refractivity contribution in [2.45, 2.75) is 0 Å². The van der Waals surface area contributed by atoms with Gasteiger partial charge in [0.05, 0.1) is 21.2 Å². The van der Waals surface area contributed by atoms with Crippen LogP contribution in [0.3, 0.4) is 0 Å². The zero-order chi connectivity index (χ0) is 22.4. The molecular weight excluding hydrogens is 474 g/mol. The number of rotatable bonds is 4. The molecule has 10 heteroatoms. The molecule has 1 fully saturated rings. The largest absolute Gasteiger partial charge is 0.478 e. The third-order valence-corrected chi connectivity index (χ3v) is 6.41. The van der Waals surface area contributed by atoms with Gasteiger partial charge in [-0.05, 0) is 36.4 Å². The van der Waals surface area contributed by atoms with Gasteiger partial charge in [0.1, 0.15) is 11.5 Å². The van der Waals surface area contributed by atoms with E-state index < -0.39 is 5.97 Å². The summed E-state index contributed by atoms with van der Waals surface area (Å²) in [5.74, 6) is 0.737. The standard InChI is InChI=1S/C22H12ClNO6S2/c23-15-7-11(1-4-14(15)21(26)27)16-6-3-13(30-16)9-19-20(25)24(22(31)32-19)12-2-5-17-18(8-12)29-10-28-17/h1-9H,10H2,(H,26,27)/b19-9-. The zero-order valence-corrected chi connectivity index (χ0v) is 18.4. The summed E-state index contributed by atoms with van der Waals surface area (Å²) in [6.45, 7) is 0.141. The average Bonchev–Trinajstić information content (AvgIpc) is 3.47. The maximum Gasteiger partial charge on any atom is 0.337 e. The summed E-state index contributed by atoms with van der Waals surface area (Å²) in [6, 6.07) is 13.2. The number of halogens is 1. The number of nitrogens with zero attached hydrogens (tertiary/aromatic N) is 1. The van der Waals surface area contributed by atoms with Gasteiger partial charge in [-0.2, -0.15) is 0 Å². The normalized spacial score (nSPS) is 16.3. The fourth-order valence-corrected chi connectivity index (χ4v) is 4.81. The first-order chi connectivity index (χ1) is 15.4. The van der Waals surface area contributed by atoms with Crippen molar-refractivity contribution in [1.29, 1.82) is 0 Å². The number of hydrogen-bond donors (Lipinski definition) is 1. The Bertz CT molecular complexity index is 1330. The fraction of sp³-hybridized carbons (Fsp3) is 0.0455. The van der Waals surface area contributed by atoms with Crippen molar-refractivity contribution in [3.63, 3.8) is 0 Å². The highest BCUT2D eigenvalue weighted by Gasteiger charge is 2.34. The second kappa shape index (κ2) is 8.01. The number of fused-ring (bicyclic) bond motifs is 1. The van der Waals surface area contributed by atoms with E-state index in [0.29, 0.717) is 43.5 Å². The highest BCUT2D eigenvalue weighted by molar-refractivity contribution is 8.27. The molecule has 0 aliphatic carbocycles. The molecule has 0 unspecified atom stereocenters. The maximum absolute atomic E-state index is 13.0. The van der Waals surface area contributed by atoms with Crippen LogP contribution in [0.5, 0.6) is 11.5 Å². The number of thioether (sulfide) groups is 1. The molecule has 1 aromatic heterocycles. The van der Waals surface area contributed by atoms with E-state index in [-0.39, 0.29) is 23.3 Å². The molecule has 1 saturated heterocycles. The lowest BCUT2D eigenvalue weighted by atomic mass is 10.1. The van der Waals surface area contributed by atoms with Crippen molar-refractivity contribution in [2.24, 2.45) is 0 Å². The first-order valence-electron chi connectivity index (χ1n) is 9.21. The van der Waals surface area contributed by atoms with Gasteiger partial charge >= 0.3 is 5.97 Å². The van der Waals surface area contributed by atoms with Crippen molar-refractivity contribution in [3.05, 3.63) is 69.8 Å². The monoisotopic (exact) mass is 485 g/mol. The molecule has 3 aromatic rings. The van der Waals surface area contributed by atoms with Crippen LogP contribution in [0, 0.1) is 0 Å². The van der Waals surface area contributed by atoms with Crippen LogP contribution in [0.4, 0.5) is 5.69 Å². The summed E-state index contributed by atoms with van der Waals surface area (Å²) in [6.07, 6.45) is 1.61. The summed E-state index contributed by atoms with van der Waals surface area (Å²) < 4.78 is 16.9. The number of anilines is 1. The molecule has 2 aliphatic rings. The minimum atomic E-state index is -1.11. The van der Waals surface area contributed by atoms with E-state index in [1.807, 2.05) is 0 Å². The van der Waals surface area contributed by atoms with Crippen LogP contribution >= 0.6 is 35.6 Å². The molecule has 0 radical (unpaired) electrons. The Hall–Kier alpha value is -3.27. The van der Waals surface area contributed by atoms with Crippen molar-refractivity contribution in [2.75, 3.05) is 11.7 Å². The molecule has 32 heavy (non-hydrogen) atoms. The van der Waals surface area contributed by atoms with Crippen LogP contribution in [0.25, 0.3) is 17.4 Å². The Labute approximate surface area is 196 Å². The minimum Gasteiger partial charge on any atom is -0.478 e. The molecule has 2 aromatic carbocycles. The summed E-state index contributed by atoms with van der Waals surface area (Å²) in [4.78, 5) is 26.0. The predicted octanol–water partition coefficient (Wildman–Crippen LogP) is 5.43. The van der Waals surface area contributed by atoms with Gasteiger partial charge in [0.2, 0.25) is 6.79 Å². The smallest absolute Gasteiger partial charge is 0.337 e. The van der Waals surface area contributed by atoms with Gasteiger partial charge in [-0.15, -0.1) is 0 Å². The van der Waals surface area contributed by atoms with Gasteiger partial charge in [0.15, 0.2) is 15.8 Å². The van der Waals surface area contributed by atoms with Crippen LogP contribution in [0.1, 0.15) is 16.1 Å². The van der Waals surface area contributed by atoms with Gasteiger partial charge in [-0.1, -0.05) is 41.6 Å². The van der Waals surface area contributed by atoms with Crippen molar-refractivity contribution >= 4 is 63.5 Å². The highest BCUT2D eigenvalue weighted by Crippen LogP contribution is 2.41. The Balaban J connectivity index is 1.40. The summed E-state index contributed by atoms with van der Waals surface area (Å²) >= 11 is 12.6. The third-order valence-electron chi connectivity index (χ3n) is 4.79. The maximum atomic E-state index is 13.0. The minimum absolute atomic E-state index is 0.00869. The van der Waals surface area contributed by atoms with E-state index in [1.54, 1.807) is 42.5 Å². The quantitative estimate of drug-likeness (QED) is 0.386. The molecular formula is C22H12ClNO6S2. The van der Waals surface area contributed by atoms with Gasteiger partial charge in [0, 0.05) is 17.7 Å². The molecule has 0 spiro atoms. The Kier molecular flexibility index (Phi) is 5.16. The van der Waals surface area contributed by atoms with Crippen LogP contribution < -0.4 is 14.4 Å². The average molecular weight is 486 g/mol. The third kappa shape index (κ3) is 3.64. The number of hydrogen-bond acceptors (Lipinski definition) is 7. The fourth-order valence-electron chi connectivity index (χ4n) is 3.27. The van der Waals surface area contributed by atoms with E-state index in [0.717, 1.165) is 0 Å². The first kappa shape index (κ1) is 20.6. The van der Waals surface area contributed by atoms with Gasteiger partial charge in [-0.3, -0.25) is 9.69 Å². The lowest BCUT2D eigenvalue weighted by molar-refractivity contribution is -0.113. The first-order valence-corrected chi connectivity index (χ1v) is 10.8. The summed E-state index contributed by atoms with van der Waals surface area (Å²) in [5.41, 5.74) is 1.22. The lowest BCUT2D eigenvalue weighted by Gasteiger charge is -2.14. The number of thiocarbonyl (C=S) groups is 1. The number of carbonyl (C=O) groups excluding carboxylic acids is 1. The molecule has 1 amide bonds. The van der Waals surface area contributed by atoms with Gasteiger partial charge in [-0.25, -0.2) is 4.79 Å². The molecule has 0 bridgehead atoms. The predicted molar refractivity (Wildman–Crippen MR) is 124 cm³/mol. The van der Waals surface area contributed by atoms with Crippen molar-refractivity contribution in [3.8, 4) is 22.8 Å². The second-order valence-corrected chi connectivity index (χ2v) is 8.84. The van der Waals surface area contributed by atoms with Crippen molar-refractivity contribution in [1.82, 2.24) is 0 Å². The Morgan fingerprint density at radius 3 is 2.72 bits per heavy atom. The van der Waals surface area contributed by atoms with Crippen LogP contribution in [0.2, 0.25) is 5.02 Å². The molecule has 160 valence electrons. The molecule has 1 N–H and O–H groups in total. The molecule has 3 heterocycles. The van der Waals surface area contributed by atoms with Gasteiger partial charge in [0.25, 0.3) is 5.91 Å². The number of amides is 1. The number of carbonyl (C=O) groups is 2. The molecule has 5 rings (SSSR count). The van der Waals surface area contributed by atoms with E-state index >= 15 is 0 Å². The van der Waals surface area contributed by atoms with E-state index in [4.69, 9.17) is 42.8 Å². The number of carboxylic acid groups (broad SMARTS) is 1. The van der Waals surface area contributed by atoms with Crippen molar-refractivity contribution < 1.29 is 28.6 Å². The highest BCUT2D eigenvalue weighted by atomic mass is 35.5. The lowest BCUT2D eigenvalue weighted by Crippen LogP contribution is -2.27. The Morgan fingerprint density at radius 2 is 1.94 bits per heavy atom. The Morgan fingerprint density at radius 1 is 1.12 bits per heavy atom. The number of aromatic carboxylic acids is 1.